The van der Waals surface area contributed by atoms with Crippen LogP contribution in [0, 0.1) is 0 Å². The third kappa shape index (κ3) is 4.64. The molecule has 0 fully saturated rings. The van der Waals surface area contributed by atoms with Crippen LogP contribution in [-0.2, 0) is 18.0 Å². The Hall–Kier alpha value is -3.29. The minimum Gasteiger partial charge on any atom is -0.422 e. The van der Waals surface area contributed by atoms with Crippen molar-refractivity contribution in [3.05, 3.63) is 99.0 Å². The first-order valence-electron chi connectivity index (χ1n) is 9.20. The van der Waals surface area contributed by atoms with Crippen molar-refractivity contribution in [2.75, 3.05) is 0 Å². The summed E-state index contributed by atoms with van der Waals surface area (Å²) in [5.41, 5.74) is 6.10. The largest absolute Gasteiger partial charge is 0.422 e. The Labute approximate surface area is 181 Å². The molecule has 6 nitrogen and oxygen atoms in total. The summed E-state index contributed by atoms with van der Waals surface area (Å²) in [7, 11) is 0. The third-order valence-corrected chi connectivity index (χ3v) is 5.08. The summed E-state index contributed by atoms with van der Waals surface area (Å²) < 4.78 is 11.7. The fraction of sp³-hybridized carbons (Fsp3) is 0.0870. The van der Waals surface area contributed by atoms with Gasteiger partial charge in [-0.25, -0.2) is 10.2 Å². The van der Waals surface area contributed by atoms with Crippen molar-refractivity contribution in [1.29, 1.82) is 0 Å². The van der Waals surface area contributed by atoms with E-state index in [1.54, 1.807) is 60.7 Å². The Morgan fingerprint density at radius 3 is 2.53 bits per heavy atom. The van der Waals surface area contributed by atoms with Crippen LogP contribution < -0.4 is 10.2 Å². The van der Waals surface area contributed by atoms with Gasteiger partial charge >= 0.3 is 5.97 Å². The Bertz CT molecular complexity index is 1130. The van der Waals surface area contributed by atoms with Crippen LogP contribution in [0.2, 0.25) is 0 Å². The maximum Gasteiger partial charge on any atom is 0.343 e. The van der Waals surface area contributed by atoms with Crippen molar-refractivity contribution in [1.82, 2.24) is 5.43 Å². The molecule has 0 saturated carbocycles. The molecule has 0 aromatic heterocycles. The molecule has 150 valence electrons. The van der Waals surface area contributed by atoms with E-state index in [4.69, 9.17) is 9.47 Å². The van der Waals surface area contributed by atoms with Crippen LogP contribution in [0.4, 0.5) is 0 Å². The number of carbonyl (C=O) groups is 2. The van der Waals surface area contributed by atoms with Crippen molar-refractivity contribution >= 4 is 34.0 Å². The smallest absolute Gasteiger partial charge is 0.343 e. The minimum atomic E-state index is -0.479. The predicted octanol–water partition coefficient (Wildman–Crippen LogP) is 4.46. The summed E-state index contributed by atoms with van der Waals surface area (Å²) in [4.78, 5) is 24.7. The standard InChI is InChI=1S/C23H17BrN2O4/c24-20-9-7-15(8-10-20)23(28)30-21-4-2-1-3-17(21)12-25-26-22(27)16-5-6-18-13-29-14-19(18)11-16/h1-12H,13-14H2,(H,26,27). The molecular formula is C23H17BrN2O4. The second-order valence-corrected chi connectivity index (χ2v) is 7.53. The van der Waals surface area contributed by atoms with Gasteiger partial charge in [0.2, 0.25) is 0 Å². The Morgan fingerprint density at radius 1 is 0.967 bits per heavy atom. The van der Waals surface area contributed by atoms with Crippen LogP contribution in [0.25, 0.3) is 0 Å². The van der Waals surface area contributed by atoms with Crippen LogP contribution >= 0.6 is 15.9 Å². The van der Waals surface area contributed by atoms with Gasteiger partial charge in [-0.15, -0.1) is 0 Å². The lowest BCUT2D eigenvalue weighted by molar-refractivity contribution is 0.0734. The van der Waals surface area contributed by atoms with Crippen molar-refractivity contribution < 1.29 is 19.1 Å². The summed E-state index contributed by atoms with van der Waals surface area (Å²) in [5.74, 6) is -0.462. The van der Waals surface area contributed by atoms with Crippen molar-refractivity contribution in [3.8, 4) is 5.75 Å². The fourth-order valence-corrected chi connectivity index (χ4v) is 3.23. The van der Waals surface area contributed by atoms with E-state index in [9.17, 15) is 9.59 Å². The van der Waals surface area contributed by atoms with E-state index in [0.29, 0.717) is 35.7 Å². The lowest BCUT2D eigenvalue weighted by atomic mass is 10.1. The molecule has 0 spiro atoms. The summed E-state index contributed by atoms with van der Waals surface area (Å²) >= 11 is 3.33. The van der Waals surface area contributed by atoms with Gasteiger partial charge in [-0.2, -0.15) is 5.10 Å². The molecule has 0 radical (unpaired) electrons. The van der Waals surface area contributed by atoms with Crippen molar-refractivity contribution in [2.45, 2.75) is 13.2 Å². The van der Waals surface area contributed by atoms with Gasteiger partial charge in [0.1, 0.15) is 5.75 Å². The second kappa shape index (κ2) is 9.02. The maximum absolute atomic E-state index is 12.4. The molecule has 0 bridgehead atoms. The number of fused-ring (bicyclic) bond motifs is 1. The quantitative estimate of drug-likeness (QED) is 0.261. The number of amides is 1. The highest BCUT2D eigenvalue weighted by Gasteiger charge is 2.14. The molecule has 0 unspecified atom stereocenters. The van der Waals surface area contributed by atoms with Gasteiger partial charge in [0.25, 0.3) is 5.91 Å². The normalized spacial score (nSPS) is 12.6. The molecule has 30 heavy (non-hydrogen) atoms. The highest BCUT2D eigenvalue weighted by atomic mass is 79.9. The molecule has 1 amide bonds. The molecule has 0 atom stereocenters. The molecule has 0 saturated heterocycles. The number of nitrogens with zero attached hydrogens (tertiary/aromatic N) is 1. The number of hydrazone groups is 1. The molecule has 1 heterocycles. The van der Waals surface area contributed by atoms with E-state index in [-0.39, 0.29) is 5.91 Å². The number of nitrogens with one attached hydrogen (secondary N) is 1. The minimum absolute atomic E-state index is 0.328. The molecule has 1 aliphatic rings. The highest BCUT2D eigenvalue weighted by molar-refractivity contribution is 9.10. The van der Waals surface area contributed by atoms with Gasteiger partial charge in [0, 0.05) is 15.6 Å². The molecular weight excluding hydrogens is 448 g/mol. The number of benzene rings is 3. The van der Waals surface area contributed by atoms with E-state index in [1.807, 2.05) is 6.07 Å². The van der Waals surface area contributed by atoms with Gasteiger partial charge in [-0.3, -0.25) is 4.79 Å². The topological polar surface area (TPSA) is 77.0 Å². The predicted molar refractivity (Wildman–Crippen MR) is 116 cm³/mol. The van der Waals surface area contributed by atoms with Gasteiger partial charge in [0.15, 0.2) is 0 Å². The van der Waals surface area contributed by atoms with E-state index >= 15 is 0 Å². The molecule has 1 N–H and O–H groups in total. The van der Waals surface area contributed by atoms with Crippen molar-refractivity contribution in [2.24, 2.45) is 5.10 Å². The van der Waals surface area contributed by atoms with Gasteiger partial charge < -0.3 is 9.47 Å². The van der Waals surface area contributed by atoms with Crippen LogP contribution in [0.5, 0.6) is 5.75 Å². The zero-order valence-corrected chi connectivity index (χ0v) is 17.4. The number of carbonyl (C=O) groups excluding carboxylic acids is 2. The SMILES string of the molecule is O=C(NN=Cc1ccccc1OC(=O)c1ccc(Br)cc1)c1ccc2c(c1)COC2. The van der Waals surface area contributed by atoms with Gasteiger partial charge in [0.05, 0.1) is 25.0 Å². The number of hydrogen-bond donors (Lipinski definition) is 1. The van der Waals surface area contributed by atoms with E-state index in [0.717, 1.165) is 15.6 Å². The summed E-state index contributed by atoms with van der Waals surface area (Å²) in [6.07, 6.45) is 1.44. The number of esters is 1. The monoisotopic (exact) mass is 464 g/mol. The summed E-state index contributed by atoms with van der Waals surface area (Å²) in [6, 6.07) is 19.3. The Morgan fingerprint density at radius 2 is 1.70 bits per heavy atom. The zero-order chi connectivity index (χ0) is 20.9. The maximum atomic E-state index is 12.4. The molecule has 3 aromatic rings. The lowest BCUT2D eigenvalue weighted by Gasteiger charge is -2.07. The van der Waals surface area contributed by atoms with Crippen LogP contribution in [0.1, 0.15) is 37.4 Å². The number of ether oxygens (including phenoxy) is 2. The number of rotatable bonds is 5. The Balaban J connectivity index is 1.43. The summed E-state index contributed by atoms with van der Waals surface area (Å²) in [6.45, 7) is 1.09. The third-order valence-electron chi connectivity index (χ3n) is 4.55. The van der Waals surface area contributed by atoms with E-state index in [1.165, 1.54) is 6.21 Å². The second-order valence-electron chi connectivity index (χ2n) is 6.61. The molecule has 4 rings (SSSR count). The van der Waals surface area contributed by atoms with E-state index in [2.05, 4.69) is 26.5 Å². The van der Waals surface area contributed by atoms with Crippen molar-refractivity contribution in [3.63, 3.8) is 0 Å². The first-order chi connectivity index (χ1) is 14.6. The van der Waals surface area contributed by atoms with Crippen LogP contribution in [0.3, 0.4) is 0 Å². The van der Waals surface area contributed by atoms with Gasteiger partial charge in [-0.1, -0.05) is 34.1 Å². The number of para-hydroxylation sites is 1. The average molecular weight is 465 g/mol. The van der Waals surface area contributed by atoms with E-state index < -0.39 is 5.97 Å². The molecule has 1 aliphatic heterocycles. The van der Waals surface area contributed by atoms with Crippen LogP contribution in [0.15, 0.2) is 76.3 Å². The molecule has 3 aromatic carbocycles. The zero-order valence-electron chi connectivity index (χ0n) is 15.8. The highest BCUT2D eigenvalue weighted by Crippen LogP contribution is 2.21. The lowest BCUT2D eigenvalue weighted by Crippen LogP contribution is -2.18. The van der Waals surface area contributed by atoms with Crippen LogP contribution in [-0.4, -0.2) is 18.1 Å². The Kier molecular flexibility index (Phi) is 6.02. The number of hydrogen-bond acceptors (Lipinski definition) is 5. The first kappa shape index (κ1) is 20.0. The van der Waals surface area contributed by atoms with Gasteiger partial charge in [-0.05, 0) is 59.7 Å². The molecule has 0 aliphatic carbocycles. The number of halogens is 1. The summed E-state index contributed by atoms with van der Waals surface area (Å²) in [5, 5.41) is 4.01. The average Bonchev–Trinajstić information content (AvgIpc) is 3.23. The molecule has 7 heteroatoms. The first-order valence-corrected chi connectivity index (χ1v) is 9.99. The fourth-order valence-electron chi connectivity index (χ4n) is 2.96.